The first kappa shape index (κ1) is 13.0. The summed E-state index contributed by atoms with van der Waals surface area (Å²) in [5.74, 6) is 0.0754. The fourth-order valence-electron chi connectivity index (χ4n) is 2.10. The largest absolute Gasteiger partial charge is 0.360 e. The van der Waals surface area contributed by atoms with Crippen LogP contribution < -0.4 is 10.7 Å². The first-order valence-electron chi connectivity index (χ1n) is 6.43. The van der Waals surface area contributed by atoms with E-state index in [4.69, 9.17) is 0 Å². The van der Waals surface area contributed by atoms with Crippen molar-refractivity contribution >= 4 is 16.8 Å². The summed E-state index contributed by atoms with van der Waals surface area (Å²) >= 11 is 0. The van der Waals surface area contributed by atoms with Gasteiger partial charge in [0.2, 0.25) is 5.43 Å². The van der Waals surface area contributed by atoms with Gasteiger partial charge in [-0.05, 0) is 19.1 Å². The zero-order valence-electron chi connectivity index (χ0n) is 11.3. The fraction of sp³-hybridized carbons (Fsp3) is 0.143. The van der Waals surface area contributed by atoms with Crippen LogP contribution in [0.5, 0.6) is 0 Å². The summed E-state index contributed by atoms with van der Waals surface area (Å²) in [5.41, 5.74) is 0.467. The van der Waals surface area contributed by atoms with E-state index in [0.717, 1.165) is 0 Å². The van der Waals surface area contributed by atoms with Crippen LogP contribution in [0.25, 0.3) is 10.9 Å². The highest BCUT2D eigenvalue weighted by molar-refractivity contribution is 5.97. The highest BCUT2D eigenvalue weighted by Crippen LogP contribution is 2.09. The lowest BCUT2D eigenvalue weighted by molar-refractivity contribution is 0.0937. The van der Waals surface area contributed by atoms with E-state index in [1.165, 1.54) is 12.5 Å². The minimum Gasteiger partial charge on any atom is -0.360 e. The van der Waals surface area contributed by atoms with Crippen molar-refractivity contribution in [1.82, 2.24) is 25.5 Å². The van der Waals surface area contributed by atoms with Crippen molar-refractivity contribution in [1.29, 1.82) is 0 Å². The molecule has 0 radical (unpaired) electrons. The van der Waals surface area contributed by atoms with E-state index in [2.05, 4.69) is 25.5 Å². The maximum atomic E-state index is 12.3. The lowest BCUT2D eigenvalue weighted by atomic mass is 10.1. The summed E-state index contributed by atoms with van der Waals surface area (Å²) < 4.78 is 0. The van der Waals surface area contributed by atoms with E-state index in [0.29, 0.717) is 16.7 Å². The normalized spacial score (nSPS) is 12.2. The Morgan fingerprint density at radius 1 is 1.33 bits per heavy atom. The highest BCUT2D eigenvalue weighted by atomic mass is 16.2. The number of pyridine rings is 1. The number of fused-ring (bicyclic) bond motifs is 1. The molecular weight excluding hydrogens is 270 g/mol. The molecule has 1 atom stereocenters. The number of benzene rings is 1. The van der Waals surface area contributed by atoms with Crippen molar-refractivity contribution in [3.63, 3.8) is 0 Å². The van der Waals surface area contributed by atoms with Gasteiger partial charge in [0.15, 0.2) is 0 Å². The number of carbonyl (C=O) groups is 1. The molecular formula is C14H13N5O2. The maximum absolute atomic E-state index is 12.3. The zero-order valence-corrected chi connectivity index (χ0v) is 11.3. The van der Waals surface area contributed by atoms with Gasteiger partial charge in [-0.3, -0.25) is 14.7 Å². The molecule has 0 saturated heterocycles. The fourth-order valence-corrected chi connectivity index (χ4v) is 2.10. The molecule has 7 heteroatoms. The smallest absolute Gasteiger partial charge is 0.257 e. The van der Waals surface area contributed by atoms with Crippen LogP contribution in [0.4, 0.5) is 0 Å². The number of H-pyrrole nitrogens is 2. The summed E-state index contributed by atoms with van der Waals surface area (Å²) in [6.07, 6.45) is 2.79. The molecule has 0 spiro atoms. The zero-order chi connectivity index (χ0) is 14.8. The second kappa shape index (κ2) is 5.20. The van der Waals surface area contributed by atoms with Crippen molar-refractivity contribution < 1.29 is 4.79 Å². The van der Waals surface area contributed by atoms with E-state index < -0.39 is 5.91 Å². The lowest BCUT2D eigenvalue weighted by Crippen LogP contribution is -2.31. The first-order chi connectivity index (χ1) is 10.2. The van der Waals surface area contributed by atoms with Crippen molar-refractivity contribution in [2.24, 2.45) is 0 Å². The summed E-state index contributed by atoms with van der Waals surface area (Å²) in [7, 11) is 0. The van der Waals surface area contributed by atoms with Crippen LogP contribution in [-0.4, -0.2) is 26.1 Å². The second-order valence-electron chi connectivity index (χ2n) is 4.64. The molecule has 0 aliphatic carbocycles. The molecule has 21 heavy (non-hydrogen) atoms. The standard InChI is InChI=1S/C14H13N5O2/c1-8(13-16-7-17-19-13)18-14(21)10-6-15-11-5-3-2-4-9(11)12(10)20/h2-8H,1H3,(H,15,20)(H,18,21)(H,16,17,19). The average molecular weight is 283 g/mol. The van der Waals surface area contributed by atoms with E-state index >= 15 is 0 Å². The minimum atomic E-state index is -0.453. The van der Waals surface area contributed by atoms with Gasteiger partial charge in [0, 0.05) is 17.1 Å². The predicted molar refractivity (Wildman–Crippen MR) is 76.8 cm³/mol. The summed E-state index contributed by atoms with van der Waals surface area (Å²) in [6, 6.07) is 6.69. The molecule has 0 aliphatic heterocycles. The van der Waals surface area contributed by atoms with Gasteiger partial charge in [-0.15, -0.1) is 0 Å². The van der Waals surface area contributed by atoms with Crippen LogP contribution in [0.1, 0.15) is 29.1 Å². The molecule has 1 unspecified atom stereocenters. The number of hydrogen-bond donors (Lipinski definition) is 3. The van der Waals surface area contributed by atoms with Gasteiger partial charge in [-0.2, -0.15) is 5.10 Å². The Labute approximate surface area is 119 Å². The number of carbonyl (C=O) groups excluding carboxylic acids is 1. The quantitative estimate of drug-likeness (QED) is 0.670. The molecule has 3 aromatic rings. The van der Waals surface area contributed by atoms with Crippen molar-refractivity contribution in [3.05, 3.63) is 58.4 Å². The Bertz CT molecular complexity index is 838. The molecule has 1 amide bonds. The Morgan fingerprint density at radius 3 is 2.90 bits per heavy atom. The molecule has 0 aliphatic rings. The molecule has 0 bridgehead atoms. The number of hydrogen-bond acceptors (Lipinski definition) is 4. The second-order valence-corrected chi connectivity index (χ2v) is 4.64. The Balaban J connectivity index is 1.92. The summed E-state index contributed by atoms with van der Waals surface area (Å²) in [4.78, 5) is 31.5. The molecule has 3 N–H and O–H groups in total. The van der Waals surface area contributed by atoms with Gasteiger partial charge in [0.25, 0.3) is 5.91 Å². The molecule has 106 valence electrons. The first-order valence-corrected chi connectivity index (χ1v) is 6.43. The summed E-state index contributed by atoms with van der Waals surface area (Å²) in [5, 5.41) is 9.60. The number of amides is 1. The third kappa shape index (κ3) is 2.40. The Kier molecular flexibility index (Phi) is 3.23. The predicted octanol–water partition coefficient (Wildman–Crippen LogP) is 1.14. The molecule has 7 nitrogen and oxygen atoms in total. The number of rotatable bonds is 3. The number of aromatic nitrogens is 4. The maximum Gasteiger partial charge on any atom is 0.257 e. The highest BCUT2D eigenvalue weighted by Gasteiger charge is 2.17. The molecule has 1 aromatic carbocycles. The SMILES string of the molecule is CC(NC(=O)c1c[nH]c2ccccc2c1=O)c1ncn[nH]1. The van der Waals surface area contributed by atoms with Crippen LogP contribution in [0.15, 0.2) is 41.6 Å². The lowest BCUT2D eigenvalue weighted by Gasteiger charge is -2.11. The van der Waals surface area contributed by atoms with E-state index in [-0.39, 0.29) is 17.0 Å². The molecule has 0 fully saturated rings. The van der Waals surface area contributed by atoms with Crippen LogP contribution >= 0.6 is 0 Å². The Morgan fingerprint density at radius 2 is 2.14 bits per heavy atom. The van der Waals surface area contributed by atoms with Crippen LogP contribution in [-0.2, 0) is 0 Å². The number of para-hydroxylation sites is 1. The van der Waals surface area contributed by atoms with E-state index in [1.807, 2.05) is 6.07 Å². The van der Waals surface area contributed by atoms with Gasteiger partial charge >= 0.3 is 0 Å². The van der Waals surface area contributed by atoms with Gasteiger partial charge in [0.05, 0.1) is 6.04 Å². The van der Waals surface area contributed by atoms with E-state index in [1.54, 1.807) is 25.1 Å². The topological polar surface area (TPSA) is 104 Å². The monoisotopic (exact) mass is 283 g/mol. The summed E-state index contributed by atoms with van der Waals surface area (Å²) in [6.45, 7) is 1.76. The van der Waals surface area contributed by atoms with Crippen molar-refractivity contribution in [2.45, 2.75) is 13.0 Å². The number of aromatic amines is 2. The van der Waals surface area contributed by atoms with Crippen LogP contribution in [0.2, 0.25) is 0 Å². The average Bonchev–Trinajstić information content (AvgIpc) is 3.02. The van der Waals surface area contributed by atoms with Crippen molar-refractivity contribution in [2.75, 3.05) is 0 Å². The Hall–Kier alpha value is -2.96. The van der Waals surface area contributed by atoms with Gasteiger partial charge in [-0.25, -0.2) is 4.98 Å². The van der Waals surface area contributed by atoms with Gasteiger partial charge < -0.3 is 10.3 Å². The van der Waals surface area contributed by atoms with Gasteiger partial charge in [0.1, 0.15) is 17.7 Å². The van der Waals surface area contributed by atoms with Crippen LogP contribution in [0.3, 0.4) is 0 Å². The molecule has 0 saturated carbocycles. The third-order valence-electron chi connectivity index (χ3n) is 3.22. The van der Waals surface area contributed by atoms with Crippen LogP contribution in [0, 0.1) is 0 Å². The minimum absolute atomic E-state index is 0.0695. The molecule has 3 rings (SSSR count). The van der Waals surface area contributed by atoms with Gasteiger partial charge in [-0.1, -0.05) is 12.1 Å². The molecule has 2 aromatic heterocycles. The number of nitrogens with zero attached hydrogens (tertiary/aromatic N) is 2. The van der Waals surface area contributed by atoms with E-state index in [9.17, 15) is 9.59 Å². The third-order valence-corrected chi connectivity index (χ3v) is 3.22. The van der Waals surface area contributed by atoms with Crippen molar-refractivity contribution in [3.8, 4) is 0 Å². The molecule has 2 heterocycles. The number of nitrogens with one attached hydrogen (secondary N) is 3.